The average molecular weight is 546 g/mol. The van der Waals surface area contributed by atoms with Crippen LogP contribution in [0.15, 0.2) is 77.1 Å². The number of nitro groups is 1. The molecule has 0 bridgehead atoms. The number of allylic oxidation sites excluding steroid dienone is 2. The Kier molecular flexibility index (Phi) is 8.02. The third kappa shape index (κ3) is 5.65. The van der Waals surface area contributed by atoms with E-state index in [-0.39, 0.29) is 22.8 Å². The highest BCUT2D eigenvalue weighted by molar-refractivity contribution is 5.99. The van der Waals surface area contributed by atoms with Crippen LogP contribution in [0.2, 0.25) is 0 Å². The number of non-ortho nitro benzene ring substituents is 1. The molecule has 3 aliphatic rings. The maximum atomic E-state index is 13.6. The molecule has 2 aromatic rings. The molecule has 0 amide bonds. The number of carbonyl (C=O) groups excluding carboxylic acids is 2. The van der Waals surface area contributed by atoms with E-state index in [9.17, 15) is 19.7 Å². The van der Waals surface area contributed by atoms with Gasteiger partial charge in [0.2, 0.25) is 0 Å². The lowest BCUT2D eigenvalue weighted by atomic mass is 9.80. The second-order valence-corrected chi connectivity index (χ2v) is 11.1. The lowest BCUT2D eigenvalue weighted by Gasteiger charge is -2.30. The Hall–Kier alpha value is -3.98. The molecule has 40 heavy (non-hydrogen) atoms. The van der Waals surface area contributed by atoms with Gasteiger partial charge in [-0.15, -0.1) is 0 Å². The Morgan fingerprint density at radius 3 is 2.25 bits per heavy atom. The van der Waals surface area contributed by atoms with Crippen molar-refractivity contribution in [2.45, 2.75) is 39.2 Å². The number of nitrogens with one attached hydrogen (secondary N) is 1. The Labute approximate surface area is 234 Å². The number of benzene rings is 2. The van der Waals surface area contributed by atoms with Crippen molar-refractivity contribution in [3.05, 3.63) is 98.4 Å². The van der Waals surface area contributed by atoms with Gasteiger partial charge in [0.05, 0.1) is 35.7 Å². The fraction of sp³-hybridized carbons (Fsp3) is 0.419. The number of likely N-dealkylation sites (tertiary alicyclic amines) is 1. The molecule has 210 valence electrons. The Morgan fingerprint density at radius 2 is 1.62 bits per heavy atom. The second kappa shape index (κ2) is 11.6. The first-order chi connectivity index (χ1) is 19.2. The number of esters is 2. The molecule has 1 aliphatic carbocycles. The van der Waals surface area contributed by atoms with Crippen molar-refractivity contribution in [1.29, 1.82) is 0 Å². The third-order valence-corrected chi connectivity index (χ3v) is 8.42. The van der Waals surface area contributed by atoms with Crippen LogP contribution in [0.3, 0.4) is 0 Å². The second-order valence-electron chi connectivity index (χ2n) is 11.1. The van der Waals surface area contributed by atoms with Crippen LogP contribution in [0.25, 0.3) is 0 Å². The number of ether oxygens (including phenoxy) is 2. The molecule has 0 radical (unpaired) electrons. The summed E-state index contributed by atoms with van der Waals surface area (Å²) in [5.74, 6) is -0.515. The summed E-state index contributed by atoms with van der Waals surface area (Å²) < 4.78 is 10.9. The van der Waals surface area contributed by atoms with Gasteiger partial charge in [0.25, 0.3) is 5.69 Å². The van der Waals surface area contributed by atoms with Gasteiger partial charge in [-0.25, -0.2) is 9.59 Å². The summed E-state index contributed by atoms with van der Waals surface area (Å²) in [6.07, 6.45) is 2.03. The summed E-state index contributed by atoms with van der Waals surface area (Å²) >= 11 is 0. The van der Waals surface area contributed by atoms with Crippen LogP contribution in [0.5, 0.6) is 0 Å². The topological polar surface area (TPSA) is 111 Å². The number of rotatable bonds is 8. The number of carbonyl (C=O) groups is 2. The lowest BCUT2D eigenvalue weighted by molar-refractivity contribution is -0.384. The van der Waals surface area contributed by atoms with E-state index in [1.54, 1.807) is 26.0 Å². The van der Waals surface area contributed by atoms with Crippen LogP contribution in [0.1, 0.15) is 43.7 Å². The van der Waals surface area contributed by atoms with Gasteiger partial charge < -0.3 is 14.8 Å². The lowest BCUT2D eigenvalue weighted by Crippen LogP contribution is -2.32. The molecule has 2 aliphatic heterocycles. The highest BCUT2D eigenvalue weighted by atomic mass is 16.6. The zero-order valence-corrected chi connectivity index (χ0v) is 23.1. The van der Waals surface area contributed by atoms with Crippen LogP contribution >= 0.6 is 0 Å². The molecule has 3 atom stereocenters. The van der Waals surface area contributed by atoms with Crippen LogP contribution in [-0.4, -0.2) is 48.6 Å². The first kappa shape index (κ1) is 27.6. The van der Waals surface area contributed by atoms with Crippen molar-refractivity contribution in [3.63, 3.8) is 0 Å². The minimum Gasteiger partial charge on any atom is -0.466 e. The third-order valence-electron chi connectivity index (χ3n) is 8.42. The predicted octanol–water partition coefficient (Wildman–Crippen LogP) is 4.70. The first-order valence-corrected chi connectivity index (χ1v) is 13.7. The minimum atomic E-state index is -0.851. The van der Waals surface area contributed by atoms with Crippen molar-refractivity contribution in [2.75, 3.05) is 26.8 Å². The van der Waals surface area contributed by atoms with Crippen molar-refractivity contribution in [2.24, 2.45) is 17.8 Å². The average Bonchev–Trinajstić information content (AvgIpc) is 3.49. The molecular weight excluding hydrogens is 510 g/mol. The number of nitro benzene ring substituents is 1. The molecule has 9 heteroatoms. The van der Waals surface area contributed by atoms with Gasteiger partial charge in [-0.2, -0.15) is 0 Å². The fourth-order valence-corrected chi connectivity index (χ4v) is 6.70. The molecule has 2 heterocycles. The summed E-state index contributed by atoms with van der Waals surface area (Å²) in [6.45, 7) is 6.85. The summed E-state index contributed by atoms with van der Waals surface area (Å²) in [6, 6.07) is 16.5. The molecule has 0 aromatic heterocycles. The molecule has 9 nitrogen and oxygen atoms in total. The standard InChI is InChI=1S/C31H35N3O6/c1-19-27(30(35)39-3)29(23-10-7-11-26(14-23)34(37)38)28(20(2)32-19)31(36)40-18-22-12-24-16-33(17-25(24)13-22)15-21-8-5-4-6-9-21/h4-11,14,22,24-25,29,32H,12-13,15-18H2,1-3H3. The molecular formula is C31H35N3O6. The number of hydrogen-bond acceptors (Lipinski definition) is 8. The zero-order valence-electron chi connectivity index (χ0n) is 23.1. The van der Waals surface area contributed by atoms with E-state index in [4.69, 9.17) is 9.47 Å². The van der Waals surface area contributed by atoms with E-state index in [2.05, 4.69) is 34.5 Å². The van der Waals surface area contributed by atoms with E-state index in [1.165, 1.54) is 24.8 Å². The van der Waals surface area contributed by atoms with Crippen LogP contribution in [0, 0.1) is 27.9 Å². The molecule has 5 rings (SSSR count). The van der Waals surface area contributed by atoms with E-state index < -0.39 is 22.8 Å². The van der Waals surface area contributed by atoms with Gasteiger partial charge in [0.1, 0.15) is 0 Å². The van der Waals surface area contributed by atoms with E-state index in [1.807, 2.05) is 6.07 Å². The van der Waals surface area contributed by atoms with Gasteiger partial charge >= 0.3 is 11.9 Å². The van der Waals surface area contributed by atoms with Crippen molar-refractivity contribution < 1.29 is 24.0 Å². The molecule has 3 unspecified atom stereocenters. The SMILES string of the molecule is COC(=O)C1=C(C)NC(C)=C(C(=O)OCC2CC3CN(Cc4ccccc4)CC3C2)C1c1cccc([N+](=O)[O-])c1. The van der Waals surface area contributed by atoms with Crippen molar-refractivity contribution in [3.8, 4) is 0 Å². The highest BCUT2D eigenvalue weighted by Crippen LogP contribution is 2.43. The Morgan fingerprint density at radius 1 is 0.975 bits per heavy atom. The molecule has 2 fully saturated rings. The largest absolute Gasteiger partial charge is 0.466 e. The van der Waals surface area contributed by atoms with E-state index >= 15 is 0 Å². The van der Waals surface area contributed by atoms with Crippen molar-refractivity contribution >= 4 is 17.6 Å². The number of hydrogen-bond donors (Lipinski definition) is 1. The summed E-state index contributed by atoms with van der Waals surface area (Å²) in [5.41, 5.74) is 3.23. The van der Waals surface area contributed by atoms with Gasteiger partial charge in [0.15, 0.2) is 0 Å². The molecule has 1 saturated heterocycles. The number of nitrogens with zero attached hydrogens (tertiary/aromatic N) is 2. The summed E-state index contributed by atoms with van der Waals surface area (Å²) in [4.78, 5) is 39.9. The maximum absolute atomic E-state index is 13.6. The smallest absolute Gasteiger partial charge is 0.336 e. The van der Waals surface area contributed by atoms with Gasteiger partial charge in [-0.1, -0.05) is 42.5 Å². The Bertz CT molecular complexity index is 1350. The van der Waals surface area contributed by atoms with Crippen molar-refractivity contribution in [1.82, 2.24) is 10.2 Å². The summed E-state index contributed by atoms with van der Waals surface area (Å²) in [7, 11) is 1.27. The Balaban J connectivity index is 1.28. The molecule has 1 saturated carbocycles. The van der Waals surface area contributed by atoms with Crippen LogP contribution in [0.4, 0.5) is 5.69 Å². The van der Waals surface area contributed by atoms with Crippen LogP contribution in [-0.2, 0) is 25.6 Å². The highest BCUT2D eigenvalue weighted by Gasteiger charge is 2.42. The van der Waals surface area contributed by atoms with Gasteiger partial charge in [-0.05, 0) is 55.6 Å². The van der Waals surface area contributed by atoms with E-state index in [0.29, 0.717) is 35.4 Å². The minimum absolute atomic E-state index is 0.123. The predicted molar refractivity (Wildman–Crippen MR) is 149 cm³/mol. The maximum Gasteiger partial charge on any atom is 0.336 e. The van der Waals surface area contributed by atoms with Gasteiger partial charge in [-0.3, -0.25) is 15.0 Å². The first-order valence-electron chi connectivity index (χ1n) is 13.7. The monoisotopic (exact) mass is 545 g/mol. The molecule has 2 aromatic carbocycles. The quantitative estimate of drug-likeness (QED) is 0.289. The summed E-state index contributed by atoms with van der Waals surface area (Å²) in [5, 5.41) is 14.6. The number of dihydropyridines is 1. The molecule has 0 spiro atoms. The van der Waals surface area contributed by atoms with Gasteiger partial charge in [0, 0.05) is 43.2 Å². The molecule has 1 N–H and O–H groups in total. The van der Waals surface area contributed by atoms with Crippen LogP contribution < -0.4 is 5.32 Å². The van der Waals surface area contributed by atoms with E-state index in [0.717, 1.165) is 32.5 Å². The fourth-order valence-electron chi connectivity index (χ4n) is 6.70. The number of methoxy groups -OCH3 is 1. The zero-order chi connectivity index (χ0) is 28.4. The normalized spacial score (nSPS) is 24.5. The number of fused-ring (bicyclic) bond motifs is 1.